The molecule has 3 rings (SSSR count). The van der Waals surface area contributed by atoms with Crippen LogP contribution < -0.4 is 10.1 Å². The minimum atomic E-state index is -0.135. The maximum absolute atomic E-state index is 12.5. The summed E-state index contributed by atoms with van der Waals surface area (Å²) in [5.41, 5.74) is 3.18. The van der Waals surface area contributed by atoms with Gasteiger partial charge in [0.15, 0.2) is 0 Å². The second-order valence-electron chi connectivity index (χ2n) is 6.86. The van der Waals surface area contributed by atoms with Gasteiger partial charge in [-0.3, -0.25) is 9.48 Å². The molecule has 0 fully saturated rings. The lowest BCUT2D eigenvalue weighted by molar-refractivity contribution is 0.0952. The van der Waals surface area contributed by atoms with E-state index in [1.165, 1.54) is 0 Å². The molecular formula is C22H22Cl3N3O2. The van der Waals surface area contributed by atoms with Crippen LogP contribution in [0.5, 0.6) is 5.75 Å². The third kappa shape index (κ3) is 5.48. The topological polar surface area (TPSA) is 56.2 Å². The fourth-order valence-electron chi connectivity index (χ4n) is 2.98. The van der Waals surface area contributed by atoms with Gasteiger partial charge in [0.25, 0.3) is 5.91 Å². The molecule has 8 heteroatoms. The lowest BCUT2D eigenvalue weighted by Gasteiger charge is -2.10. The SMILES string of the molecule is Cc1nn(CCCNC(=O)c2cccc(COc3cccc(Cl)c3Cl)c2)c(C)c1Cl. The van der Waals surface area contributed by atoms with Gasteiger partial charge in [-0.25, -0.2) is 0 Å². The Labute approximate surface area is 190 Å². The number of nitrogens with zero attached hydrogens (tertiary/aromatic N) is 2. The van der Waals surface area contributed by atoms with Crippen LogP contribution in [0.1, 0.15) is 33.7 Å². The number of rotatable bonds is 8. The van der Waals surface area contributed by atoms with Crippen LogP contribution in [0.2, 0.25) is 15.1 Å². The number of nitrogens with one attached hydrogen (secondary N) is 1. The standard InChI is InChI=1S/C22H22Cl3N3O2/c1-14-20(24)15(2)28(27-14)11-5-10-26-22(29)17-7-3-6-16(12-17)13-30-19-9-4-8-18(23)21(19)25/h3-4,6-9,12H,5,10-11,13H2,1-2H3,(H,26,29). The van der Waals surface area contributed by atoms with Crippen molar-refractivity contribution in [1.82, 2.24) is 15.1 Å². The van der Waals surface area contributed by atoms with Gasteiger partial charge < -0.3 is 10.1 Å². The van der Waals surface area contributed by atoms with Crippen molar-refractivity contribution in [3.05, 3.63) is 80.0 Å². The zero-order valence-corrected chi connectivity index (χ0v) is 19.0. The molecule has 3 aromatic rings. The third-order valence-corrected chi connectivity index (χ3v) is 5.97. The summed E-state index contributed by atoms with van der Waals surface area (Å²) in [5.74, 6) is 0.368. The predicted molar refractivity (Wildman–Crippen MR) is 121 cm³/mol. The molecule has 0 aliphatic rings. The first kappa shape index (κ1) is 22.5. The van der Waals surface area contributed by atoms with Crippen LogP contribution in [0, 0.1) is 13.8 Å². The Balaban J connectivity index is 1.51. The molecule has 0 unspecified atom stereocenters. The number of benzene rings is 2. The molecule has 1 aromatic heterocycles. The van der Waals surface area contributed by atoms with Crippen molar-refractivity contribution >= 4 is 40.7 Å². The van der Waals surface area contributed by atoms with Gasteiger partial charge in [-0.1, -0.05) is 53.0 Å². The maximum atomic E-state index is 12.5. The highest BCUT2D eigenvalue weighted by Gasteiger charge is 2.10. The molecule has 0 aliphatic heterocycles. The highest BCUT2D eigenvalue weighted by Crippen LogP contribution is 2.32. The van der Waals surface area contributed by atoms with Crippen LogP contribution in [-0.2, 0) is 13.2 Å². The van der Waals surface area contributed by atoms with Crippen molar-refractivity contribution in [2.45, 2.75) is 33.4 Å². The normalized spacial score (nSPS) is 10.8. The van der Waals surface area contributed by atoms with E-state index < -0.39 is 0 Å². The molecule has 0 spiro atoms. The highest BCUT2D eigenvalue weighted by molar-refractivity contribution is 6.42. The molecule has 0 saturated heterocycles. The molecule has 0 atom stereocenters. The molecule has 2 aromatic carbocycles. The minimum Gasteiger partial charge on any atom is -0.487 e. The summed E-state index contributed by atoms with van der Waals surface area (Å²) >= 11 is 18.3. The van der Waals surface area contributed by atoms with Crippen molar-refractivity contribution in [3.8, 4) is 5.75 Å². The fourth-order valence-corrected chi connectivity index (χ4v) is 3.47. The lowest BCUT2D eigenvalue weighted by atomic mass is 10.1. The van der Waals surface area contributed by atoms with E-state index in [4.69, 9.17) is 39.5 Å². The number of hydrogen-bond donors (Lipinski definition) is 1. The van der Waals surface area contributed by atoms with Crippen molar-refractivity contribution in [2.75, 3.05) is 6.54 Å². The van der Waals surface area contributed by atoms with Gasteiger partial charge in [0.2, 0.25) is 0 Å². The van der Waals surface area contributed by atoms with E-state index in [-0.39, 0.29) is 12.5 Å². The number of carbonyl (C=O) groups excluding carboxylic acids is 1. The molecule has 30 heavy (non-hydrogen) atoms. The molecule has 1 heterocycles. The Morgan fingerprint density at radius 3 is 2.60 bits per heavy atom. The van der Waals surface area contributed by atoms with E-state index in [1.807, 2.05) is 30.7 Å². The Bertz CT molecular complexity index is 1050. The van der Waals surface area contributed by atoms with Crippen LogP contribution in [0.4, 0.5) is 0 Å². The van der Waals surface area contributed by atoms with Crippen molar-refractivity contribution in [3.63, 3.8) is 0 Å². The Kier molecular flexibility index (Phi) is 7.64. The van der Waals surface area contributed by atoms with Crippen LogP contribution in [-0.4, -0.2) is 22.2 Å². The summed E-state index contributed by atoms with van der Waals surface area (Å²) in [6.45, 7) is 5.32. The zero-order chi connectivity index (χ0) is 21.7. The van der Waals surface area contributed by atoms with E-state index >= 15 is 0 Å². The second kappa shape index (κ2) is 10.2. The van der Waals surface area contributed by atoms with E-state index in [9.17, 15) is 4.79 Å². The van der Waals surface area contributed by atoms with E-state index in [0.29, 0.717) is 39.5 Å². The van der Waals surface area contributed by atoms with Crippen LogP contribution >= 0.6 is 34.8 Å². The van der Waals surface area contributed by atoms with Crippen molar-refractivity contribution < 1.29 is 9.53 Å². The molecule has 0 radical (unpaired) electrons. The Hall–Kier alpha value is -2.21. The molecule has 0 aliphatic carbocycles. The average Bonchev–Trinajstić information content (AvgIpc) is 2.99. The first-order chi connectivity index (χ1) is 14.4. The molecule has 1 N–H and O–H groups in total. The quantitative estimate of drug-likeness (QED) is 0.423. The van der Waals surface area contributed by atoms with Crippen LogP contribution in [0.3, 0.4) is 0 Å². The van der Waals surface area contributed by atoms with Crippen LogP contribution in [0.15, 0.2) is 42.5 Å². The van der Waals surface area contributed by atoms with Gasteiger partial charge in [-0.15, -0.1) is 0 Å². The molecule has 158 valence electrons. The number of ether oxygens (including phenoxy) is 1. The summed E-state index contributed by atoms with van der Waals surface area (Å²) in [7, 11) is 0. The van der Waals surface area contributed by atoms with Gasteiger partial charge in [-0.05, 0) is 50.1 Å². The number of halogens is 3. The van der Waals surface area contributed by atoms with Crippen molar-refractivity contribution in [1.29, 1.82) is 0 Å². The van der Waals surface area contributed by atoms with Gasteiger partial charge in [0.1, 0.15) is 17.4 Å². The second-order valence-corrected chi connectivity index (χ2v) is 8.02. The summed E-state index contributed by atoms with van der Waals surface area (Å²) in [6, 6.07) is 12.5. The van der Waals surface area contributed by atoms with E-state index in [2.05, 4.69) is 10.4 Å². The van der Waals surface area contributed by atoms with E-state index in [0.717, 1.165) is 23.4 Å². The van der Waals surface area contributed by atoms with E-state index in [1.54, 1.807) is 30.3 Å². The average molecular weight is 467 g/mol. The minimum absolute atomic E-state index is 0.135. The number of hydrogen-bond acceptors (Lipinski definition) is 3. The molecular weight excluding hydrogens is 445 g/mol. The van der Waals surface area contributed by atoms with Gasteiger partial charge in [0, 0.05) is 18.7 Å². The molecule has 1 amide bonds. The fraction of sp³-hybridized carbons (Fsp3) is 0.273. The highest BCUT2D eigenvalue weighted by atomic mass is 35.5. The number of aromatic nitrogens is 2. The van der Waals surface area contributed by atoms with Crippen molar-refractivity contribution in [2.24, 2.45) is 0 Å². The first-order valence-electron chi connectivity index (χ1n) is 9.50. The van der Waals surface area contributed by atoms with Gasteiger partial charge in [0.05, 0.1) is 21.4 Å². The Morgan fingerprint density at radius 2 is 1.87 bits per heavy atom. The third-order valence-electron chi connectivity index (χ3n) is 4.63. The van der Waals surface area contributed by atoms with Gasteiger partial charge in [-0.2, -0.15) is 5.10 Å². The summed E-state index contributed by atoms with van der Waals surface area (Å²) in [4.78, 5) is 12.5. The summed E-state index contributed by atoms with van der Waals surface area (Å²) < 4.78 is 7.60. The predicted octanol–water partition coefficient (Wildman–Crippen LogP) is 5.86. The molecule has 0 bridgehead atoms. The Morgan fingerprint density at radius 1 is 1.10 bits per heavy atom. The smallest absolute Gasteiger partial charge is 0.251 e. The maximum Gasteiger partial charge on any atom is 0.251 e. The van der Waals surface area contributed by atoms with Crippen LogP contribution in [0.25, 0.3) is 0 Å². The zero-order valence-electron chi connectivity index (χ0n) is 16.7. The number of amides is 1. The molecule has 5 nitrogen and oxygen atoms in total. The molecule has 0 saturated carbocycles. The number of carbonyl (C=O) groups is 1. The van der Waals surface area contributed by atoms with Gasteiger partial charge >= 0.3 is 0 Å². The first-order valence-corrected chi connectivity index (χ1v) is 10.6. The summed E-state index contributed by atoms with van der Waals surface area (Å²) in [6.07, 6.45) is 0.750. The lowest BCUT2D eigenvalue weighted by Crippen LogP contribution is -2.25. The number of aryl methyl sites for hydroxylation is 2. The largest absolute Gasteiger partial charge is 0.487 e. The monoisotopic (exact) mass is 465 g/mol. The summed E-state index contributed by atoms with van der Waals surface area (Å²) in [5, 5.41) is 8.83.